The van der Waals surface area contributed by atoms with Gasteiger partial charge in [0.15, 0.2) is 0 Å². The summed E-state index contributed by atoms with van der Waals surface area (Å²) < 4.78 is 4.93. The van der Waals surface area contributed by atoms with Crippen LogP contribution in [0.15, 0.2) is 152 Å². The first kappa shape index (κ1) is 24.0. The van der Waals surface area contributed by atoms with Gasteiger partial charge in [0.2, 0.25) is 0 Å². The van der Waals surface area contributed by atoms with Crippen LogP contribution in [-0.4, -0.2) is 25.1 Å². The van der Waals surface area contributed by atoms with Gasteiger partial charge in [0.25, 0.3) is 0 Å². The number of hydrogen-bond donors (Lipinski definition) is 0. The quantitative estimate of drug-likeness (QED) is 0.157. The largest absolute Gasteiger partial charge is 0.322 e. The van der Waals surface area contributed by atoms with E-state index >= 15 is 0 Å². The van der Waals surface area contributed by atoms with Crippen molar-refractivity contribution >= 4 is 43.6 Å². The Kier molecular flexibility index (Phi) is 4.93. The second-order valence-corrected chi connectivity index (χ2v) is 11.9. The molecule has 0 saturated carbocycles. The molecule has 1 fully saturated rings. The Labute approximate surface area is 254 Å². The average Bonchev–Trinajstić information content (AvgIpc) is 3.37. The van der Waals surface area contributed by atoms with E-state index in [4.69, 9.17) is 4.98 Å². The number of fused-ring (bicyclic) bond motifs is 8. The van der Waals surface area contributed by atoms with Gasteiger partial charge in [0.1, 0.15) is 12.0 Å². The molecule has 0 N–H and O–H groups in total. The smallest absolute Gasteiger partial charge is 0.138 e. The minimum atomic E-state index is 0.294. The second-order valence-electron chi connectivity index (χ2n) is 11.9. The molecule has 5 heterocycles. The molecule has 0 aliphatic carbocycles. The Balaban J connectivity index is 1.22. The molecule has 2 aliphatic rings. The van der Waals surface area contributed by atoms with E-state index in [1.54, 1.807) is 0 Å². The highest BCUT2D eigenvalue weighted by Gasteiger charge is 2.54. The number of benzene rings is 5. The summed E-state index contributed by atoms with van der Waals surface area (Å²) in [6, 6.07) is 50.7. The van der Waals surface area contributed by atoms with Crippen LogP contribution in [0.25, 0.3) is 60.7 Å². The monoisotopic (exact) mass is 564 g/mol. The van der Waals surface area contributed by atoms with Crippen LogP contribution in [0, 0.1) is 0 Å². The van der Waals surface area contributed by atoms with Gasteiger partial charge in [0, 0.05) is 27.1 Å². The lowest BCUT2D eigenvalue weighted by Crippen LogP contribution is -2.09. The van der Waals surface area contributed by atoms with E-state index in [1.165, 1.54) is 49.2 Å². The summed E-state index contributed by atoms with van der Waals surface area (Å²) in [6.45, 7) is 0. The highest BCUT2D eigenvalue weighted by Crippen LogP contribution is 2.55. The van der Waals surface area contributed by atoms with Crippen LogP contribution in [0.2, 0.25) is 0 Å². The topological polar surface area (TPSA) is 25.8 Å². The van der Waals surface area contributed by atoms with Gasteiger partial charge in [-0.05, 0) is 42.0 Å². The highest BCUT2D eigenvalue weighted by molar-refractivity contribution is 6.28. The Bertz CT molecular complexity index is 2420. The van der Waals surface area contributed by atoms with E-state index in [0.29, 0.717) is 18.2 Å². The van der Waals surface area contributed by atoms with Gasteiger partial charge in [-0.25, -0.2) is 4.98 Å². The Morgan fingerprint density at radius 3 is 1.98 bits per heavy atom. The molecule has 5 aromatic carbocycles. The summed E-state index contributed by atoms with van der Waals surface area (Å²) in [5, 5.41) is 5.16. The van der Waals surface area contributed by atoms with Crippen molar-refractivity contribution in [3.63, 3.8) is 0 Å². The molecule has 1 saturated heterocycles. The van der Waals surface area contributed by atoms with Crippen LogP contribution in [0.3, 0.4) is 0 Å². The van der Waals surface area contributed by atoms with Crippen LogP contribution >= 0.6 is 0 Å². The molecule has 4 heteroatoms. The average molecular weight is 565 g/mol. The van der Waals surface area contributed by atoms with E-state index in [1.807, 2.05) is 6.07 Å². The molecule has 44 heavy (non-hydrogen) atoms. The highest BCUT2D eigenvalue weighted by atomic mass is 15.5. The number of rotatable bonds is 4. The van der Waals surface area contributed by atoms with Gasteiger partial charge < -0.3 is 4.57 Å². The van der Waals surface area contributed by atoms with Gasteiger partial charge in [-0.2, -0.15) is 0 Å². The number of nitrogens with zero attached hydrogens (tertiary/aromatic N) is 4. The first-order valence-corrected chi connectivity index (χ1v) is 15.4. The van der Waals surface area contributed by atoms with Crippen LogP contribution < -0.4 is 0 Å². The number of aromatic nitrogens is 3. The van der Waals surface area contributed by atoms with Crippen molar-refractivity contribution in [2.24, 2.45) is 0 Å². The summed E-state index contributed by atoms with van der Waals surface area (Å²) in [7, 11) is 0. The Morgan fingerprint density at radius 2 is 1.16 bits per heavy atom. The lowest BCUT2D eigenvalue weighted by Gasteiger charge is -2.16. The minimum absolute atomic E-state index is 0.294. The van der Waals surface area contributed by atoms with Gasteiger partial charge in [-0.3, -0.25) is 9.47 Å². The Hall–Kier alpha value is -5.45. The number of para-hydroxylation sites is 2. The molecule has 2 aliphatic heterocycles. The SMILES string of the molecule is C1=CC2C(n3c4ccccc4c4c5c6ccccc6n(-c6cccc(-c7ccccc7)n6)c5ccc43)N2C1c1ccccc1. The van der Waals surface area contributed by atoms with E-state index in [0.717, 1.165) is 17.1 Å². The van der Waals surface area contributed by atoms with Crippen molar-refractivity contribution in [2.75, 3.05) is 0 Å². The van der Waals surface area contributed by atoms with Crippen molar-refractivity contribution in [1.29, 1.82) is 0 Å². The summed E-state index contributed by atoms with van der Waals surface area (Å²) in [4.78, 5) is 7.82. The van der Waals surface area contributed by atoms with E-state index < -0.39 is 0 Å². The van der Waals surface area contributed by atoms with Gasteiger partial charge in [-0.1, -0.05) is 115 Å². The summed E-state index contributed by atoms with van der Waals surface area (Å²) in [5.74, 6) is 0.930. The molecule has 0 bridgehead atoms. The van der Waals surface area contributed by atoms with E-state index in [-0.39, 0.29) is 0 Å². The second kappa shape index (κ2) is 9.03. The third-order valence-corrected chi connectivity index (χ3v) is 9.62. The Morgan fingerprint density at radius 1 is 0.500 bits per heavy atom. The predicted octanol–water partition coefficient (Wildman–Crippen LogP) is 9.45. The summed E-state index contributed by atoms with van der Waals surface area (Å²) in [5.41, 5.74) is 8.37. The molecular weight excluding hydrogens is 536 g/mol. The lowest BCUT2D eigenvalue weighted by atomic mass is 10.1. The van der Waals surface area contributed by atoms with Gasteiger partial charge in [-0.15, -0.1) is 0 Å². The number of pyridine rings is 1. The minimum Gasteiger partial charge on any atom is -0.322 e. The first-order valence-electron chi connectivity index (χ1n) is 15.4. The molecule has 3 aromatic heterocycles. The van der Waals surface area contributed by atoms with Crippen molar-refractivity contribution in [3.05, 3.63) is 157 Å². The predicted molar refractivity (Wildman–Crippen MR) is 180 cm³/mol. The van der Waals surface area contributed by atoms with E-state index in [9.17, 15) is 0 Å². The van der Waals surface area contributed by atoms with Crippen molar-refractivity contribution < 1.29 is 0 Å². The third-order valence-electron chi connectivity index (χ3n) is 9.62. The molecular formula is C40H28N4. The number of hydrogen-bond acceptors (Lipinski definition) is 2. The molecule has 0 radical (unpaired) electrons. The fourth-order valence-electron chi connectivity index (χ4n) is 7.74. The molecule has 4 atom stereocenters. The fourth-order valence-corrected chi connectivity index (χ4v) is 7.74. The van der Waals surface area contributed by atoms with E-state index in [2.05, 4.69) is 160 Å². The fraction of sp³-hybridized carbons (Fsp3) is 0.0750. The molecule has 4 unspecified atom stereocenters. The molecule has 8 aromatic rings. The third kappa shape index (κ3) is 3.29. The van der Waals surface area contributed by atoms with Crippen molar-refractivity contribution in [3.8, 4) is 17.1 Å². The lowest BCUT2D eigenvalue weighted by molar-refractivity contribution is 0.412. The maximum Gasteiger partial charge on any atom is 0.138 e. The zero-order valence-corrected chi connectivity index (χ0v) is 24.0. The standard InChI is InChI=1S/C40H28N4/c1-3-12-26(13-4-1)30-18-11-21-37(41-30)42-32-19-9-7-16-28(32)38-34(42)23-24-35-39(38)29-17-8-10-20-33(29)44(35)40-36-25-22-31(43(36)40)27-14-5-2-6-15-27/h1-25,31,36,40H. The molecule has 4 nitrogen and oxygen atoms in total. The van der Waals surface area contributed by atoms with Crippen molar-refractivity contribution in [1.82, 2.24) is 19.0 Å². The first-order chi connectivity index (χ1) is 21.9. The van der Waals surface area contributed by atoms with Crippen LogP contribution in [-0.2, 0) is 0 Å². The van der Waals surface area contributed by atoms with Crippen LogP contribution in [0.5, 0.6) is 0 Å². The molecule has 0 amide bonds. The van der Waals surface area contributed by atoms with Crippen molar-refractivity contribution in [2.45, 2.75) is 18.2 Å². The van der Waals surface area contributed by atoms with Crippen LogP contribution in [0.1, 0.15) is 17.8 Å². The zero-order chi connectivity index (χ0) is 28.8. The van der Waals surface area contributed by atoms with Gasteiger partial charge >= 0.3 is 0 Å². The molecule has 208 valence electrons. The molecule has 10 rings (SSSR count). The zero-order valence-electron chi connectivity index (χ0n) is 24.0. The normalized spacial score (nSPS) is 20.6. The maximum absolute atomic E-state index is 5.19. The van der Waals surface area contributed by atoms with Gasteiger partial charge in [0.05, 0.1) is 39.8 Å². The van der Waals surface area contributed by atoms with Crippen LogP contribution in [0.4, 0.5) is 0 Å². The maximum atomic E-state index is 5.19. The summed E-state index contributed by atoms with van der Waals surface area (Å²) in [6.07, 6.45) is 5.06. The molecule has 0 spiro atoms. The summed E-state index contributed by atoms with van der Waals surface area (Å²) >= 11 is 0.